The summed E-state index contributed by atoms with van der Waals surface area (Å²) in [5.74, 6) is 0.0688. The average molecular weight is 320 g/mol. The summed E-state index contributed by atoms with van der Waals surface area (Å²) in [6.45, 7) is 3.03. The van der Waals surface area contributed by atoms with Gasteiger partial charge in [-0.2, -0.15) is 15.0 Å². The molecular formula is C15H20N4O2S. The average Bonchev–Trinajstić information content (AvgIpc) is 3.01. The molecule has 3 rings (SSSR count). The van der Waals surface area contributed by atoms with Crippen LogP contribution in [0.3, 0.4) is 0 Å². The topological polar surface area (TPSA) is 68.1 Å². The summed E-state index contributed by atoms with van der Waals surface area (Å²) in [5.41, 5.74) is 1.92. The monoisotopic (exact) mass is 320 g/mol. The van der Waals surface area contributed by atoms with Crippen LogP contribution in [0.5, 0.6) is 0 Å². The van der Waals surface area contributed by atoms with E-state index in [4.69, 9.17) is 0 Å². The lowest BCUT2D eigenvalue weighted by molar-refractivity contribution is 0.245. The van der Waals surface area contributed by atoms with Crippen molar-refractivity contribution in [1.82, 2.24) is 19.3 Å². The van der Waals surface area contributed by atoms with Crippen molar-refractivity contribution in [2.24, 2.45) is 0 Å². The fourth-order valence-electron chi connectivity index (χ4n) is 2.87. The van der Waals surface area contributed by atoms with Crippen LogP contribution in [-0.2, 0) is 15.8 Å². The molecule has 0 bridgehead atoms. The van der Waals surface area contributed by atoms with Gasteiger partial charge in [0.1, 0.15) is 0 Å². The zero-order chi connectivity index (χ0) is 15.6. The highest BCUT2D eigenvalue weighted by molar-refractivity contribution is 7.88. The largest absolute Gasteiger partial charge is 0.218 e. The third kappa shape index (κ3) is 3.36. The molecule has 1 aliphatic heterocycles. The highest BCUT2D eigenvalue weighted by atomic mass is 32.2. The molecule has 22 heavy (non-hydrogen) atoms. The molecule has 0 radical (unpaired) electrons. The van der Waals surface area contributed by atoms with Crippen molar-refractivity contribution in [2.75, 3.05) is 13.1 Å². The number of aryl methyl sites for hydroxylation is 1. The van der Waals surface area contributed by atoms with E-state index in [2.05, 4.69) is 10.2 Å². The molecule has 0 atom stereocenters. The zero-order valence-corrected chi connectivity index (χ0v) is 13.4. The molecule has 0 amide bonds. The van der Waals surface area contributed by atoms with Gasteiger partial charge in [0, 0.05) is 13.1 Å². The van der Waals surface area contributed by atoms with Gasteiger partial charge in [0.25, 0.3) is 0 Å². The maximum atomic E-state index is 12.5. The van der Waals surface area contributed by atoms with E-state index in [-0.39, 0.29) is 11.8 Å². The van der Waals surface area contributed by atoms with Crippen molar-refractivity contribution < 1.29 is 8.42 Å². The van der Waals surface area contributed by atoms with Gasteiger partial charge in [-0.05, 0) is 25.3 Å². The number of benzene rings is 1. The van der Waals surface area contributed by atoms with Gasteiger partial charge in [0.2, 0.25) is 10.0 Å². The summed E-state index contributed by atoms with van der Waals surface area (Å²) in [4.78, 5) is 1.69. The first-order valence-electron chi connectivity index (χ1n) is 7.44. The fraction of sp³-hybridized carbons (Fsp3) is 0.467. The Morgan fingerprint density at radius 2 is 1.86 bits per heavy atom. The van der Waals surface area contributed by atoms with Crippen LogP contribution in [0.4, 0.5) is 0 Å². The third-order valence-electron chi connectivity index (χ3n) is 4.01. The third-order valence-corrected chi connectivity index (χ3v) is 5.86. The molecule has 0 spiro atoms. The highest BCUT2D eigenvalue weighted by Crippen LogP contribution is 2.24. The van der Waals surface area contributed by atoms with Crippen LogP contribution in [0.2, 0.25) is 0 Å². The maximum Gasteiger partial charge on any atom is 0.218 e. The summed E-state index contributed by atoms with van der Waals surface area (Å²) < 4.78 is 26.7. The van der Waals surface area contributed by atoms with E-state index in [1.54, 1.807) is 21.5 Å². The lowest BCUT2D eigenvalue weighted by atomic mass is 10.1. The fourth-order valence-corrected chi connectivity index (χ4v) is 4.42. The predicted molar refractivity (Wildman–Crippen MR) is 83.7 cm³/mol. The van der Waals surface area contributed by atoms with Crippen molar-refractivity contribution in [3.8, 4) is 0 Å². The van der Waals surface area contributed by atoms with Gasteiger partial charge in [-0.25, -0.2) is 12.7 Å². The lowest BCUT2D eigenvalue weighted by Gasteiger charge is -2.30. The second-order valence-corrected chi connectivity index (χ2v) is 7.69. The molecule has 7 heteroatoms. The predicted octanol–water partition coefficient (Wildman–Crippen LogP) is 1.75. The van der Waals surface area contributed by atoms with Gasteiger partial charge in [-0.3, -0.25) is 0 Å². The smallest absolute Gasteiger partial charge is 0.212 e. The first kappa shape index (κ1) is 15.2. The van der Waals surface area contributed by atoms with Crippen LogP contribution in [0, 0.1) is 6.92 Å². The van der Waals surface area contributed by atoms with Crippen molar-refractivity contribution in [3.63, 3.8) is 0 Å². The maximum absolute atomic E-state index is 12.5. The Morgan fingerprint density at radius 1 is 1.18 bits per heavy atom. The molecule has 118 valence electrons. The molecule has 6 nitrogen and oxygen atoms in total. The van der Waals surface area contributed by atoms with Crippen LogP contribution >= 0.6 is 0 Å². The number of nitrogens with zero attached hydrogens (tertiary/aromatic N) is 4. The molecule has 2 heterocycles. The van der Waals surface area contributed by atoms with Gasteiger partial charge in [0.05, 0.1) is 24.2 Å². The minimum absolute atomic E-state index is 0.0688. The molecule has 0 N–H and O–H groups in total. The molecule has 1 aromatic carbocycles. The van der Waals surface area contributed by atoms with E-state index in [0.29, 0.717) is 13.1 Å². The van der Waals surface area contributed by atoms with Crippen LogP contribution in [0.15, 0.2) is 36.7 Å². The van der Waals surface area contributed by atoms with Gasteiger partial charge in [-0.15, -0.1) is 0 Å². The summed E-state index contributed by atoms with van der Waals surface area (Å²) in [6.07, 6.45) is 4.81. The Morgan fingerprint density at radius 3 is 2.50 bits per heavy atom. The second kappa shape index (κ2) is 6.18. The minimum atomic E-state index is -3.26. The van der Waals surface area contributed by atoms with Gasteiger partial charge in [-0.1, -0.05) is 29.8 Å². The van der Waals surface area contributed by atoms with Crippen molar-refractivity contribution in [1.29, 1.82) is 0 Å². The van der Waals surface area contributed by atoms with Gasteiger partial charge in [0.15, 0.2) is 0 Å². The Hall–Kier alpha value is -1.73. The number of aromatic nitrogens is 3. The first-order chi connectivity index (χ1) is 10.5. The standard InChI is InChI=1S/C15H20N4O2S/c1-13-3-2-4-14(11-13)12-22(20,21)18-9-5-15(6-10-18)19-16-7-8-17-19/h2-4,7-8,11,15H,5-6,9-10,12H2,1H3. The number of piperidine rings is 1. The molecule has 0 saturated carbocycles. The van der Waals surface area contributed by atoms with E-state index in [0.717, 1.165) is 24.0 Å². The highest BCUT2D eigenvalue weighted by Gasteiger charge is 2.29. The van der Waals surface area contributed by atoms with Gasteiger partial charge < -0.3 is 0 Å². The number of sulfonamides is 1. The van der Waals surface area contributed by atoms with E-state index in [1.807, 2.05) is 31.2 Å². The minimum Gasteiger partial charge on any atom is -0.212 e. The SMILES string of the molecule is Cc1cccc(CS(=O)(=O)N2CCC(n3nccn3)CC2)c1. The Kier molecular flexibility index (Phi) is 4.26. The zero-order valence-electron chi connectivity index (χ0n) is 12.6. The van der Waals surface area contributed by atoms with E-state index >= 15 is 0 Å². The molecule has 0 unspecified atom stereocenters. The molecule has 1 saturated heterocycles. The molecular weight excluding hydrogens is 300 g/mol. The van der Waals surface area contributed by atoms with Crippen molar-refractivity contribution >= 4 is 10.0 Å². The van der Waals surface area contributed by atoms with Crippen LogP contribution in [0.25, 0.3) is 0 Å². The summed E-state index contributed by atoms with van der Waals surface area (Å²) >= 11 is 0. The van der Waals surface area contributed by atoms with Crippen LogP contribution in [0.1, 0.15) is 30.0 Å². The first-order valence-corrected chi connectivity index (χ1v) is 9.05. The van der Waals surface area contributed by atoms with Crippen molar-refractivity contribution in [3.05, 3.63) is 47.8 Å². The number of hydrogen-bond donors (Lipinski definition) is 0. The van der Waals surface area contributed by atoms with Crippen LogP contribution in [-0.4, -0.2) is 40.8 Å². The lowest BCUT2D eigenvalue weighted by Crippen LogP contribution is -2.40. The Bertz CT molecular complexity index is 720. The summed E-state index contributed by atoms with van der Waals surface area (Å²) in [6, 6.07) is 7.86. The number of rotatable bonds is 4. The summed E-state index contributed by atoms with van der Waals surface area (Å²) in [5, 5.41) is 8.28. The van der Waals surface area contributed by atoms with E-state index in [1.165, 1.54) is 0 Å². The Balaban J connectivity index is 1.64. The quantitative estimate of drug-likeness (QED) is 0.861. The number of hydrogen-bond acceptors (Lipinski definition) is 4. The molecule has 2 aromatic rings. The molecule has 1 fully saturated rings. The van der Waals surface area contributed by atoms with Crippen LogP contribution < -0.4 is 0 Å². The van der Waals surface area contributed by atoms with E-state index in [9.17, 15) is 8.42 Å². The Labute approximate surface area is 130 Å². The molecule has 1 aliphatic rings. The van der Waals surface area contributed by atoms with Gasteiger partial charge >= 0.3 is 0 Å². The second-order valence-electron chi connectivity index (χ2n) is 5.72. The normalized spacial score (nSPS) is 17.7. The molecule has 0 aliphatic carbocycles. The summed E-state index contributed by atoms with van der Waals surface area (Å²) in [7, 11) is -3.26. The van der Waals surface area contributed by atoms with Crippen molar-refractivity contribution in [2.45, 2.75) is 31.6 Å². The molecule has 1 aromatic heterocycles. The van der Waals surface area contributed by atoms with E-state index < -0.39 is 10.0 Å².